The molecule has 0 rings (SSSR count). The predicted octanol–water partition coefficient (Wildman–Crippen LogP) is -1.13. The summed E-state index contributed by atoms with van der Waals surface area (Å²) in [5, 5.41) is 22.8. The topological polar surface area (TPSA) is 94.1 Å². The Hall–Kier alpha value is -0.760. The van der Waals surface area contributed by atoms with E-state index in [2.05, 4.69) is 22.7 Å². The molecule has 0 aliphatic heterocycles. The number of hydrogen-bond acceptors (Lipinski definition) is 5. The minimum absolute atomic E-state index is 0.0420. The fourth-order valence-corrected chi connectivity index (χ4v) is 1.33. The van der Waals surface area contributed by atoms with Crippen molar-refractivity contribution in [1.29, 1.82) is 0 Å². The number of rotatable bonds is 6. The number of nitrogens with one attached hydrogen (secondary N) is 1. The zero-order valence-electron chi connectivity index (χ0n) is 9.79. The summed E-state index contributed by atoms with van der Waals surface area (Å²) < 4.78 is 0. The fraction of sp³-hybridized carbons (Fsp3) is 0.778. The zero-order chi connectivity index (χ0) is 12.7. The molecular formula is C9H20N4O2S. The van der Waals surface area contributed by atoms with Crippen LogP contribution in [0.2, 0.25) is 0 Å². The van der Waals surface area contributed by atoms with Crippen molar-refractivity contribution in [2.24, 2.45) is 10.8 Å². The number of aliphatic hydroxyl groups is 2. The summed E-state index contributed by atoms with van der Waals surface area (Å²) >= 11 is 4.56. The molecule has 6 nitrogen and oxygen atoms in total. The van der Waals surface area contributed by atoms with Crippen LogP contribution in [0.3, 0.4) is 0 Å². The van der Waals surface area contributed by atoms with Gasteiger partial charge in [0.25, 0.3) is 0 Å². The molecule has 0 aliphatic carbocycles. The summed E-state index contributed by atoms with van der Waals surface area (Å²) in [6.45, 7) is 1.67. The van der Waals surface area contributed by atoms with Gasteiger partial charge in [-0.25, -0.2) is 0 Å². The third kappa shape index (κ3) is 6.67. The molecule has 5 N–H and O–H groups in total. The van der Waals surface area contributed by atoms with Crippen LogP contribution in [0.4, 0.5) is 0 Å². The number of likely N-dealkylation sites (N-methyl/N-ethyl adjacent to an activating group) is 1. The van der Waals surface area contributed by atoms with Gasteiger partial charge in [0.1, 0.15) is 6.10 Å². The smallest absolute Gasteiger partial charge is 0.184 e. The van der Waals surface area contributed by atoms with Crippen molar-refractivity contribution in [3.63, 3.8) is 0 Å². The molecule has 0 aromatic rings. The van der Waals surface area contributed by atoms with Gasteiger partial charge < -0.3 is 20.8 Å². The summed E-state index contributed by atoms with van der Waals surface area (Å²) in [6.07, 6.45) is 0.477. The van der Waals surface area contributed by atoms with Gasteiger partial charge in [-0.05, 0) is 39.7 Å². The maximum Gasteiger partial charge on any atom is 0.184 e. The molecule has 7 heteroatoms. The lowest BCUT2D eigenvalue weighted by molar-refractivity contribution is 0.0779. The SMILES string of the molecule is C[C@H](O)C[C@@H]([C@H](O)/C=N\NC(N)=S)N(C)C. The Morgan fingerprint density at radius 2 is 2.12 bits per heavy atom. The summed E-state index contributed by atoms with van der Waals surface area (Å²) in [7, 11) is 3.65. The largest absolute Gasteiger partial charge is 0.393 e. The van der Waals surface area contributed by atoms with E-state index >= 15 is 0 Å². The molecule has 0 unspecified atom stereocenters. The van der Waals surface area contributed by atoms with E-state index in [1.807, 2.05) is 19.0 Å². The Morgan fingerprint density at radius 3 is 2.50 bits per heavy atom. The molecule has 0 fully saturated rings. The van der Waals surface area contributed by atoms with Crippen LogP contribution in [-0.4, -0.2) is 58.8 Å². The highest BCUT2D eigenvalue weighted by Crippen LogP contribution is 2.07. The van der Waals surface area contributed by atoms with Gasteiger partial charge in [0.15, 0.2) is 5.11 Å². The Kier molecular flexibility index (Phi) is 7.15. The average molecular weight is 248 g/mol. The standard InChI is InChI=1S/C9H20N4O2S/c1-6(14)4-7(13(2)3)8(15)5-11-12-9(10)16/h5-8,14-15H,4H2,1-3H3,(H3,10,12,16)/b11-5-/t6-,7-,8+/m0/s1. The summed E-state index contributed by atoms with van der Waals surface area (Å²) in [5.41, 5.74) is 7.53. The van der Waals surface area contributed by atoms with E-state index < -0.39 is 12.2 Å². The maximum atomic E-state index is 9.81. The molecule has 0 aromatic heterocycles. The molecule has 94 valence electrons. The summed E-state index contributed by atoms with van der Waals surface area (Å²) in [5.74, 6) is 0. The van der Waals surface area contributed by atoms with Gasteiger partial charge in [-0.2, -0.15) is 5.10 Å². The van der Waals surface area contributed by atoms with Crippen LogP contribution in [0.25, 0.3) is 0 Å². The van der Waals surface area contributed by atoms with E-state index in [0.717, 1.165) is 0 Å². The average Bonchev–Trinajstić information content (AvgIpc) is 2.12. The van der Waals surface area contributed by atoms with Crippen LogP contribution in [0.15, 0.2) is 5.10 Å². The first-order chi connectivity index (χ1) is 7.34. The minimum Gasteiger partial charge on any atom is -0.393 e. The number of hydrogen-bond donors (Lipinski definition) is 4. The number of hydrazone groups is 1. The predicted molar refractivity (Wildman–Crippen MR) is 68.2 cm³/mol. The van der Waals surface area contributed by atoms with Crippen LogP contribution < -0.4 is 11.2 Å². The molecule has 16 heavy (non-hydrogen) atoms. The summed E-state index contributed by atoms with van der Waals surface area (Å²) in [6, 6.07) is -0.211. The second-order valence-electron chi connectivity index (χ2n) is 3.86. The molecule has 0 aliphatic rings. The van der Waals surface area contributed by atoms with Crippen LogP contribution in [0.5, 0.6) is 0 Å². The van der Waals surface area contributed by atoms with Gasteiger partial charge in [0.2, 0.25) is 0 Å². The van der Waals surface area contributed by atoms with Crippen molar-refractivity contribution >= 4 is 23.5 Å². The van der Waals surface area contributed by atoms with E-state index in [-0.39, 0.29) is 11.2 Å². The fourth-order valence-electron chi connectivity index (χ4n) is 1.28. The number of nitrogens with two attached hydrogens (primary N) is 1. The van der Waals surface area contributed by atoms with Gasteiger partial charge in [0, 0.05) is 6.04 Å². The van der Waals surface area contributed by atoms with Crippen molar-refractivity contribution in [3.8, 4) is 0 Å². The van der Waals surface area contributed by atoms with Gasteiger partial charge in [0.05, 0.1) is 12.3 Å². The van der Waals surface area contributed by atoms with E-state index in [0.29, 0.717) is 6.42 Å². The molecule has 0 saturated carbocycles. The lowest BCUT2D eigenvalue weighted by Gasteiger charge is -2.27. The Morgan fingerprint density at radius 1 is 1.56 bits per heavy atom. The Bertz CT molecular complexity index is 246. The molecule has 0 aromatic carbocycles. The monoisotopic (exact) mass is 248 g/mol. The molecule has 0 radical (unpaired) electrons. The third-order valence-corrected chi connectivity index (χ3v) is 2.13. The van der Waals surface area contributed by atoms with Gasteiger partial charge in [-0.15, -0.1) is 0 Å². The quantitative estimate of drug-likeness (QED) is 0.270. The number of thiocarbonyl (C=S) groups is 1. The summed E-state index contributed by atoms with van der Waals surface area (Å²) in [4.78, 5) is 1.82. The van der Waals surface area contributed by atoms with E-state index in [1.165, 1.54) is 6.21 Å². The van der Waals surface area contributed by atoms with Crippen molar-refractivity contribution in [2.45, 2.75) is 31.6 Å². The molecule has 0 saturated heterocycles. The number of nitrogens with zero attached hydrogens (tertiary/aromatic N) is 2. The van der Waals surface area contributed by atoms with Gasteiger partial charge in [-0.1, -0.05) is 0 Å². The van der Waals surface area contributed by atoms with Crippen molar-refractivity contribution in [1.82, 2.24) is 10.3 Å². The highest BCUT2D eigenvalue weighted by molar-refractivity contribution is 7.80. The normalized spacial score (nSPS) is 17.4. The highest BCUT2D eigenvalue weighted by atomic mass is 32.1. The third-order valence-electron chi connectivity index (χ3n) is 2.04. The first-order valence-corrected chi connectivity index (χ1v) is 5.36. The lowest BCUT2D eigenvalue weighted by atomic mass is 10.0. The second-order valence-corrected chi connectivity index (χ2v) is 4.30. The molecule has 0 spiro atoms. The molecule has 0 bridgehead atoms. The van der Waals surface area contributed by atoms with Crippen LogP contribution in [-0.2, 0) is 0 Å². The maximum absolute atomic E-state index is 9.81. The van der Waals surface area contributed by atoms with E-state index in [1.54, 1.807) is 6.92 Å². The van der Waals surface area contributed by atoms with Crippen LogP contribution >= 0.6 is 12.2 Å². The van der Waals surface area contributed by atoms with Crippen LogP contribution in [0.1, 0.15) is 13.3 Å². The van der Waals surface area contributed by atoms with E-state index in [4.69, 9.17) is 5.73 Å². The Balaban J connectivity index is 4.32. The molecule has 0 heterocycles. The second kappa shape index (κ2) is 7.50. The van der Waals surface area contributed by atoms with Crippen molar-refractivity contribution in [3.05, 3.63) is 0 Å². The Labute approximate surface area is 101 Å². The number of aliphatic hydroxyl groups excluding tert-OH is 2. The first kappa shape index (κ1) is 15.2. The minimum atomic E-state index is -0.800. The molecule has 0 amide bonds. The van der Waals surface area contributed by atoms with Crippen molar-refractivity contribution < 1.29 is 10.2 Å². The van der Waals surface area contributed by atoms with Crippen LogP contribution in [0, 0.1) is 0 Å². The van der Waals surface area contributed by atoms with Crippen molar-refractivity contribution in [2.75, 3.05) is 14.1 Å². The highest BCUT2D eigenvalue weighted by Gasteiger charge is 2.21. The lowest BCUT2D eigenvalue weighted by Crippen LogP contribution is -2.42. The molecule has 3 atom stereocenters. The van der Waals surface area contributed by atoms with Gasteiger partial charge >= 0.3 is 0 Å². The van der Waals surface area contributed by atoms with E-state index in [9.17, 15) is 10.2 Å². The molecular weight excluding hydrogens is 228 g/mol. The first-order valence-electron chi connectivity index (χ1n) is 4.95. The van der Waals surface area contributed by atoms with Gasteiger partial charge in [-0.3, -0.25) is 5.43 Å². The zero-order valence-corrected chi connectivity index (χ0v) is 10.6.